The van der Waals surface area contributed by atoms with E-state index in [1.807, 2.05) is 60.0 Å². The van der Waals surface area contributed by atoms with Crippen LogP contribution in [-0.2, 0) is 17.9 Å². The van der Waals surface area contributed by atoms with Crippen molar-refractivity contribution < 1.29 is 14.0 Å². The lowest BCUT2D eigenvalue weighted by Gasteiger charge is -2.44. The molecule has 7 heteroatoms. The Hall–Kier alpha value is -3.77. The molecule has 0 bridgehead atoms. The zero-order valence-corrected chi connectivity index (χ0v) is 19.7. The lowest BCUT2D eigenvalue weighted by atomic mass is 9.93. The van der Waals surface area contributed by atoms with Crippen molar-refractivity contribution in [1.29, 1.82) is 0 Å². The summed E-state index contributed by atoms with van der Waals surface area (Å²) < 4.78 is 7.46. The maximum Gasteiger partial charge on any atom is 0.275 e. The van der Waals surface area contributed by atoms with Crippen LogP contribution in [-0.4, -0.2) is 21.9 Å². The highest BCUT2D eigenvalue weighted by Gasteiger charge is 2.48. The van der Waals surface area contributed by atoms with Gasteiger partial charge in [-0.3, -0.25) is 14.5 Å². The number of anilines is 1. The second kappa shape index (κ2) is 8.54. The van der Waals surface area contributed by atoms with E-state index < -0.39 is 5.54 Å². The molecule has 34 heavy (non-hydrogen) atoms. The van der Waals surface area contributed by atoms with E-state index in [9.17, 15) is 9.59 Å². The number of aromatic nitrogens is 1. The van der Waals surface area contributed by atoms with Crippen LogP contribution >= 0.6 is 11.6 Å². The van der Waals surface area contributed by atoms with Crippen molar-refractivity contribution >= 4 is 29.1 Å². The topological polar surface area (TPSA) is 67.5 Å². The van der Waals surface area contributed by atoms with E-state index in [1.54, 1.807) is 42.4 Å². The van der Waals surface area contributed by atoms with Crippen LogP contribution in [0.4, 0.5) is 5.69 Å². The Kier molecular flexibility index (Phi) is 5.54. The van der Waals surface area contributed by atoms with E-state index in [0.29, 0.717) is 28.7 Å². The molecule has 1 N–H and O–H groups in total. The van der Waals surface area contributed by atoms with Crippen LogP contribution in [0.5, 0.6) is 0 Å². The van der Waals surface area contributed by atoms with Gasteiger partial charge in [-0.15, -0.1) is 0 Å². The first-order chi connectivity index (χ1) is 16.4. The van der Waals surface area contributed by atoms with Gasteiger partial charge in [-0.1, -0.05) is 41.4 Å². The number of nitrogens with zero attached hydrogens (tertiary/aromatic N) is 2. The minimum atomic E-state index is -1.17. The number of carbonyl (C=O) groups is 2. The number of amides is 2. The van der Waals surface area contributed by atoms with Gasteiger partial charge in [-0.2, -0.15) is 0 Å². The lowest BCUT2D eigenvalue weighted by Crippen LogP contribution is -2.64. The predicted octanol–water partition coefficient (Wildman–Crippen LogP) is 5.45. The van der Waals surface area contributed by atoms with Crippen molar-refractivity contribution in [2.24, 2.45) is 0 Å². The molecule has 0 unspecified atom stereocenters. The molecule has 4 aromatic rings. The Morgan fingerprint density at radius 2 is 1.74 bits per heavy atom. The fraction of sp³-hybridized carbons (Fsp3) is 0.185. The van der Waals surface area contributed by atoms with Crippen LogP contribution in [0.25, 0.3) is 11.5 Å². The van der Waals surface area contributed by atoms with Crippen molar-refractivity contribution in [2.75, 3.05) is 4.90 Å². The van der Waals surface area contributed by atoms with Crippen molar-refractivity contribution in [3.8, 4) is 11.5 Å². The summed E-state index contributed by atoms with van der Waals surface area (Å²) >= 11 is 5.98. The summed E-state index contributed by atoms with van der Waals surface area (Å²) in [5.74, 6) is 0.157. The highest BCUT2D eigenvalue weighted by atomic mass is 35.5. The summed E-state index contributed by atoms with van der Waals surface area (Å²) in [6.07, 6.45) is 1.59. The zero-order chi connectivity index (χ0) is 23.9. The van der Waals surface area contributed by atoms with Gasteiger partial charge in [-0.25, -0.2) is 0 Å². The Labute approximate surface area is 202 Å². The van der Waals surface area contributed by atoms with E-state index in [2.05, 4.69) is 5.32 Å². The van der Waals surface area contributed by atoms with Gasteiger partial charge in [0.15, 0.2) is 0 Å². The molecular formula is C27H24ClN3O3. The van der Waals surface area contributed by atoms with Crippen LogP contribution in [0.1, 0.15) is 28.5 Å². The number of carbonyl (C=O) groups excluding carboxylic acids is 2. The number of fused-ring (bicyclic) bond motifs is 1. The molecule has 5 rings (SSSR count). The smallest absolute Gasteiger partial charge is 0.275 e. The average molecular weight is 474 g/mol. The maximum absolute atomic E-state index is 13.8. The Bertz CT molecular complexity index is 1340. The van der Waals surface area contributed by atoms with E-state index in [0.717, 1.165) is 16.8 Å². The molecule has 1 aliphatic heterocycles. The summed E-state index contributed by atoms with van der Waals surface area (Å²) in [4.78, 5) is 29.1. The molecule has 0 spiro atoms. The van der Waals surface area contributed by atoms with E-state index in [4.69, 9.17) is 16.0 Å². The molecule has 3 heterocycles. The first-order valence-corrected chi connectivity index (χ1v) is 11.4. The molecule has 0 saturated heterocycles. The van der Waals surface area contributed by atoms with Gasteiger partial charge in [0.1, 0.15) is 17.0 Å². The van der Waals surface area contributed by atoms with Crippen molar-refractivity contribution in [2.45, 2.75) is 32.5 Å². The van der Waals surface area contributed by atoms with Crippen LogP contribution in [0.15, 0.2) is 83.5 Å². The molecule has 172 valence electrons. The van der Waals surface area contributed by atoms with Crippen LogP contribution in [0, 0.1) is 6.92 Å². The molecule has 1 aliphatic rings. The highest BCUT2D eigenvalue weighted by molar-refractivity contribution is 6.30. The Balaban J connectivity index is 1.54. The summed E-state index contributed by atoms with van der Waals surface area (Å²) in [5, 5.41) is 3.66. The second-order valence-corrected chi connectivity index (χ2v) is 9.16. The summed E-state index contributed by atoms with van der Waals surface area (Å²) in [6, 6.07) is 22.2. The zero-order valence-electron chi connectivity index (χ0n) is 18.9. The van der Waals surface area contributed by atoms with E-state index >= 15 is 0 Å². The van der Waals surface area contributed by atoms with Gasteiger partial charge in [0.25, 0.3) is 5.91 Å². The number of aryl methyl sites for hydroxylation is 1. The quantitative estimate of drug-likeness (QED) is 0.419. The Morgan fingerprint density at radius 3 is 2.41 bits per heavy atom. The van der Waals surface area contributed by atoms with Gasteiger partial charge in [0, 0.05) is 17.3 Å². The molecule has 0 aliphatic carbocycles. The molecule has 0 fully saturated rings. The highest BCUT2D eigenvalue weighted by Crippen LogP contribution is 2.36. The van der Waals surface area contributed by atoms with Gasteiger partial charge >= 0.3 is 0 Å². The van der Waals surface area contributed by atoms with Gasteiger partial charge in [-0.05, 0) is 67.9 Å². The van der Waals surface area contributed by atoms with Crippen molar-refractivity contribution in [3.63, 3.8) is 0 Å². The van der Waals surface area contributed by atoms with Crippen LogP contribution < -0.4 is 10.2 Å². The summed E-state index contributed by atoms with van der Waals surface area (Å²) in [7, 11) is 0. The minimum absolute atomic E-state index is 0.239. The SMILES string of the molecule is Cc1ccc(N2C(=O)c3ccc(-c4ccco4)n3C[C@@]2(C)C(=O)NCc2ccc(Cl)cc2)cc1. The normalized spacial score (nSPS) is 17.5. The molecule has 2 aromatic heterocycles. The molecular weight excluding hydrogens is 450 g/mol. The predicted molar refractivity (Wildman–Crippen MR) is 132 cm³/mol. The second-order valence-electron chi connectivity index (χ2n) is 8.73. The van der Waals surface area contributed by atoms with E-state index in [-0.39, 0.29) is 18.4 Å². The van der Waals surface area contributed by atoms with Crippen molar-refractivity contribution in [1.82, 2.24) is 9.88 Å². The van der Waals surface area contributed by atoms with Crippen molar-refractivity contribution in [3.05, 3.63) is 101 Å². The third kappa shape index (κ3) is 3.80. The Morgan fingerprint density at radius 1 is 1.03 bits per heavy atom. The van der Waals surface area contributed by atoms with Gasteiger partial charge in [0.05, 0.1) is 18.5 Å². The molecule has 1 atom stereocenters. The van der Waals surface area contributed by atoms with Gasteiger partial charge < -0.3 is 14.3 Å². The number of nitrogens with one attached hydrogen (secondary N) is 1. The summed E-state index contributed by atoms with van der Waals surface area (Å²) in [6.45, 7) is 4.39. The number of benzene rings is 2. The monoisotopic (exact) mass is 473 g/mol. The van der Waals surface area contributed by atoms with Crippen LogP contribution in [0.3, 0.4) is 0 Å². The lowest BCUT2D eigenvalue weighted by molar-refractivity contribution is -0.126. The van der Waals surface area contributed by atoms with Crippen LogP contribution in [0.2, 0.25) is 5.02 Å². The van der Waals surface area contributed by atoms with Gasteiger partial charge in [0.2, 0.25) is 5.91 Å². The number of halogens is 1. The molecule has 2 amide bonds. The first kappa shape index (κ1) is 22.0. The minimum Gasteiger partial charge on any atom is -0.463 e. The largest absolute Gasteiger partial charge is 0.463 e. The summed E-state index contributed by atoms with van der Waals surface area (Å²) in [5.41, 5.74) is 2.76. The van der Waals surface area contributed by atoms with E-state index in [1.165, 1.54) is 0 Å². The molecule has 0 radical (unpaired) electrons. The standard InChI is InChI=1S/C27H24ClN3O3/c1-18-5-11-21(12-6-18)31-25(32)23-14-13-22(24-4-3-15-34-24)30(23)17-27(31,2)26(33)29-16-19-7-9-20(28)10-8-19/h3-15H,16-17H2,1-2H3,(H,29,33)/t27-/m0/s1. The third-order valence-electron chi connectivity index (χ3n) is 6.28. The number of hydrogen-bond acceptors (Lipinski definition) is 3. The molecule has 6 nitrogen and oxygen atoms in total. The maximum atomic E-state index is 13.8. The number of rotatable bonds is 5. The fourth-order valence-electron chi connectivity index (χ4n) is 4.43. The average Bonchev–Trinajstić information content (AvgIpc) is 3.49. The number of hydrogen-bond donors (Lipinski definition) is 1. The fourth-order valence-corrected chi connectivity index (χ4v) is 4.55. The number of furan rings is 1. The first-order valence-electron chi connectivity index (χ1n) is 11.0. The molecule has 0 saturated carbocycles. The molecule has 2 aromatic carbocycles. The third-order valence-corrected chi connectivity index (χ3v) is 6.54.